The molecule has 31 heavy (non-hydrogen) atoms. The first-order chi connectivity index (χ1) is 14.8. The molecular weight excluding hydrogens is 422 g/mol. The molecule has 0 amide bonds. The van der Waals surface area contributed by atoms with Crippen LogP contribution in [0.3, 0.4) is 0 Å². The Morgan fingerprint density at radius 2 is 1.77 bits per heavy atom. The maximum absolute atomic E-state index is 12.9. The highest BCUT2D eigenvalue weighted by Gasteiger charge is 2.19. The van der Waals surface area contributed by atoms with E-state index in [9.17, 15) is 23.1 Å². The van der Waals surface area contributed by atoms with Gasteiger partial charge in [-0.1, -0.05) is 0 Å². The summed E-state index contributed by atoms with van der Waals surface area (Å²) in [5, 5.41) is 14.5. The standard InChI is InChI=1S/C21H17N3O6S/c1-30-14-2-4-15(5-3-14)31(28,29)16-6-7-17-13(10-16)11-23-24(21(17)27)12-18-19(25)8-9-22-20(18)26/h2-11H,12H2,1H3,(H2,22,25,26). The Morgan fingerprint density at radius 3 is 2.45 bits per heavy atom. The van der Waals surface area contributed by atoms with Gasteiger partial charge in [0, 0.05) is 11.6 Å². The van der Waals surface area contributed by atoms with Crippen LogP contribution in [0.2, 0.25) is 0 Å². The van der Waals surface area contributed by atoms with E-state index in [0.29, 0.717) is 11.1 Å². The minimum atomic E-state index is -3.81. The third-order valence-electron chi connectivity index (χ3n) is 4.85. The Balaban J connectivity index is 1.75. The Morgan fingerprint density at radius 1 is 1.06 bits per heavy atom. The molecule has 0 saturated carbocycles. The fourth-order valence-corrected chi connectivity index (χ4v) is 4.44. The molecule has 0 aliphatic rings. The van der Waals surface area contributed by atoms with Gasteiger partial charge in [0.05, 0.1) is 40.6 Å². The van der Waals surface area contributed by atoms with E-state index in [0.717, 1.165) is 4.68 Å². The molecule has 4 rings (SSSR count). The highest BCUT2D eigenvalue weighted by atomic mass is 32.2. The SMILES string of the molecule is COc1ccc(S(=O)(=O)c2ccc3c(=O)n(Cc4c(O)cc[nH]c4=O)ncc3c2)cc1. The number of rotatable bonds is 5. The molecule has 0 unspecified atom stereocenters. The van der Waals surface area contributed by atoms with E-state index in [1.165, 1.54) is 55.9 Å². The number of nitrogens with one attached hydrogen (secondary N) is 1. The first-order valence-electron chi connectivity index (χ1n) is 9.10. The molecule has 2 aromatic carbocycles. The molecule has 0 aliphatic heterocycles. The second-order valence-corrected chi connectivity index (χ2v) is 8.66. The van der Waals surface area contributed by atoms with Crippen molar-refractivity contribution in [2.75, 3.05) is 7.11 Å². The van der Waals surface area contributed by atoms with Crippen LogP contribution in [-0.4, -0.2) is 35.4 Å². The Kier molecular flexibility index (Phi) is 5.07. The number of methoxy groups -OCH3 is 1. The lowest BCUT2D eigenvalue weighted by Crippen LogP contribution is -2.26. The van der Waals surface area contributed by atoms with Crippen LogP contribution in [0.25, 0.3) is 10.8 Å². The largest absolute Gasteiger partial charge is 0.507 e. The van der Waals surface area contributed by atoms with E-state index >= 15 is 0 Å². The van der Waals surface area contributed by atoms with Gasteiger partial charge in [-0.15, -0.1) is 0 Å². The van der Waals surface area contributed by atoms with Gasteiger partial charge < -0.3 is 14.8 Å². The predicted molar refractivity (Wildman–Crippen MR) is 112 cm³/mol. The molecule has 0 aliphatic carbocycles. The van der Waals surface area contributed by atoms with E-state index in [1.54, 1.807) is 12.1 Å². The number of hydrogen-bond acceptors (Lipinski definition) is 7. The van der Waals surface area contributed by atoms with E-state index < -0.39 is 21.0 Å². The number of pyridine rings is 1. The molecule has 2 heterocycles. The van der Waals surface area contributed by atoms with Crippen molar-refractivity contribution in [2.45, 2.75) is 16.3 Å². The van der Waals surface area contributed by atoms with Crippen molar-refractivity contribution in [3.05, 3.63) is 87.2 Å². The second-order valence-electron chi connectivity index (χ2n) is 6.71. The molecule has 2 N–H and O–H groups in total. The summed E-state index contributed by atoms with van der Waals surface area (Å²) < 4.78 is 32.0. The van der Waals surface area contributed by atoms with Gasteiger partial charge in [0.1, 0.15) is 11.5 Å². The average Bonchev–Trinajstić information content (AvgIpc) is 2.77. The smallest absolute Gasteiger partial charge is 0.274 e. The van der Waals surface area contributed by atoms with Crippen LogP contribution in [0.4, 0.5) is 0 Å². The van der Waals surface area contributed by atoms with E-state index in [4.69, 9.17) is 4.74 Å². The summed E-state index contributed by atoms with van der Waals surface area (Å²) in [6, 6.07) is 11.4. The number of H-pyrrole nitrogens is 1. The summed E-state index contributed by atoms with van der Waals surface area (Å²) in [7, 11) is -2.32. The Bertz CT molecular complexity index is 1510. The fraction of sp³-hybridized carbons (Fsp3) is 0.0952. The van der Waals surface area contributed by atoms with Crippen molar-refractivity contribution in [3.63, 3.8) is 0 Å². The normalized spacial score (nSPS) is 11.5. The highest BCUT2D eigenvalue weighted by Crippen LogP contribution is 2.25. The summed E-state index contributed by atoms with van der Waals surface area (Å²) in [6.45, 7) is -0.233. The van der Waals surface area contributed by atoms with Gasteiger partial charge in [-0.3, -0.25) is 9.59 Å². The van der Waals surface area contributed by atoms with Gasteiger partial charge in [-0.05, 0) is 48.5 Å². The van der Waals surface area contributed by atoms with Crippen molar-refractivity contribution in [3.8, 4) is 11.5 Å². The van der Waals surface area contributed by atoms with Gasteiger partial charge in [0.15, 0.2) is 0 Å². The van der Waals surface area contributed by atoms with Gasteiger partial charge in [0.25, 0.3) is 11.1 Å². The summed E-state index contributed by atoms with van der Waals surface area (Å²) in [4.78, 5) is 27.3. The van der Waals surface area contributed by atoms with Crippen molar-refractivity contribution in [1.82, 2.24) is 14.8 Å². The van der Waals surface area contributed by atoms with Crippen molar-refractivity contribution in [1.29, 1.82) is 0 Å². The summed E-state index contributed by atoms with van der Waals surface area (Å²) in [6.07, 6.45) is 2.64. The van der Waals surface area contributed by atoms with Gasteiger partial charge in [-0.25, -0.2) is 13.1 Å². The van der Waals surface area contributed by atoms with Crippen molar-refractivity contribution >= 4 is 20.6 Å². The van der Waals surface area contributed by atoms with Crippen molar-refractivity contribution in [2.24, 2.45) is 0 Å². The van der Waals surface area contributed by atoms with Crippen molar-refractivity contribution < 1.29 is 18.3 Å². The molecule has 0 spiro atoms. The minimum absolute atomic E-state index is 0.00449. The topological polar surface area (TPSA) is 131 Å². The van der Waals surface area contributed by atoms with Crippen LogP contribution in [-0.2, 0) is 16.4 Å². The number of hydrogen-bond donors (Lipinski definition) is 2. The highest BCUT2D eigenvalue weighted by molar-refractivity contribution is 7.91. The number of benzene rings is 2. The number of aromatic nitrogens is 3. The molecule has 0 atom stereocenters. The van der Waals surface area contributed by atoms with Crippen LogP contribution >= 0.6 is 0 Å². The van der Waals surface area contributed by atoms with E-state index in [1.807, 2.05) is 0 Å². The third kappa shape index (κ3) is 3.68. The van der Waals surface area contributed by atoms with E-state index in [-0.39, 0.29) is 33.0 Å². The zero-order valence-electron chi connectivity index (χ0n) is 16.3. The number of aromatic amines is 1. The maximum Gasteiger partial charge on any atom is 0.274 e. The first-order valence-corrected chi connectivity index (χ1v) is 10.6. The summed E-state index contributed by atoms with van der Waals surface area (Å²) >= 11 is 0. The van der Waals surface area contributed by atoms with E-state index in [2.05, 4.69) is 10.1 Å². The lowest BCUT2D eigenvalue weighted by molar-refractivity contribution is 0.414. The summed E-state index contributed by atoms with van der Waals surface area (Å²) in [5.41, 5.74) is -1.06. The Labute approximate surface area is 176 Å². The maximum atomic E-state index is 12.9. The number of ether oxygens (including phenoxy) is 1. The lowest BCUT2D eigenvalue weighted by Gasteiger charge is -2.09. The zero-order valence-corrected chi connectivity index (χ0v) is 17.1. The minimum Gasteiger partial charge on any atom is -0.507 e. The van der Waals surface area contributed by atoms with Crippen LogP contribution in [0.5, 0.6) is 11.5 Å². The molecule has 158 valence electrons. The third-order valence-corrected chi connectivity index (χ3v) is 6.62. The number of nitrogens with zero attached hydrogens (tertiary/aromatic N) is 2. The number of sulfone groups is 1. The second kappa shape index (κ2) is 7.73. The first kappa shape index (κ1) is 20.4. The van der Waals surface area contributed by atoms with Gasteiger partial charge in [0.2, 0.25) is 9.84 Å². The number of fused-ring (bicyclic) bond motifs is 1. The zero-order chi connectivity index (χ0) is 22.2. The molecular formula is C21H17N3O6S. The van der Waals surface area contributed by atoms with Crippen LogP contribution in [0, 0.1) is 0 Å². The molecule has 0 fully saturated rings. The van der Waals surface area contributed by atoms with Crippen LogP contribution in [0.1, 0.15) is 5.56 Å². The van der Waals surface area contributed by atoms with Gasteiger partial charge >= 0.3 is 0 Å². The lowest BCUT2D eigenvalue weighted by atomic mass is 10.2. The molecule has 2 aromatic heterocycles. The van der Waals surface area contributed by atoms with Crippen LogP contribution < -0.4 is 15.9 Å². The molecule has 0 saturated heterocycles. The average molecular weight is 439 g/mol. The molecule has 10 heteroatoms. The monoisotopic (exact) mass is 439 g/mol. The summed E-state index contributed by atoms with van der Waals surface area (Å²) in [5.74, 6) is 0.281. The van der Waals surface area contributed by atoms with Gasteiger partial charge in [-0.2, -0.15) is 5.10 Å². The number of aromatic hydroxyl groups is 1. The quantitative estimate of drug-likeness (QED) is 0.484. The van der Waals surface area contributed by atoms with Crippen LogP contribution in [0.15, 0.2) is 80.3 Å². The molecule has 0 radical (unpaired) electrons. The fourth-order valence-electron chi connectivity index (χ4n) is 3.14. The predicted octanol–water partition coefficient (Wildman–Crippen LogP) is 1.68. The Hall–Kier alpha value is -3.92. The molecule has 0 bridgehead atoms. The molecule has 9 nitrogen and oxygen atoms in total. The molecule has 4 aromatic rings.